The van der Waals surface area contributed by atoms with Crippen molar-refractivity contribution >= 4 is 12.0 Å². The first-order chi connectivity index (χ1) is 10.2. The molecule has 5 atom stereocenters. The maximum atomic E-state index is 12.6. The zero-order valence-corrected chi connectivity index (χ0v) is 14.7. The van der Waals surface area contributed by atoms with Crippen molar-refractivity contribution in [3.05, 3.63) is 0 Å². The summed E-state index contributed by atoms with van der Waals surface area (Å²) in [5, 5.41) is 10.3. The van der Waals surface area contributed by atoms with Crippen LogP contribution in [0.3, 0.4) is 0 Å². The monoisotopic (exact) mass is 313 g/mol. The van der Waals surface area contributed by atoms with Gasteiger partial charge in [0.2, 0.25) is 5.91 Å². The van der Waals surface area contributed by atoms with Crippen LogP contribution in [0.2, 0.25) is 0 Å². The van der Waals surface area contributed by atoms with Crippen molar-refractivity contribution in [1.29, 1.82) is 0 Å². The number of imide groups is 1. The molecular formula is C17H31NO4. The number of carbonyl (C=O) groups excluding carboxylic acids is 2. The van der Waals surface area contributed by atoms with E-state index in [9.17, 15) is 14.7 Å². The molecule has 1 fully saturated rings. The smallest absolute Gasteiger partial charge is 0.416 e. The zero-order valence-electron chi connectivity index (χ0n) is 14.7. The maximum Gasteiger partial charge on any atom is 0.416 e. The quantitative estimate of drug-likeness (QED) is 0.784. The van der Waals surface area contributed by atoms with Crippen LogP contribution in [-0.2, 0) is 9.53 Å². The van der Waals surface area contributed by atoms with Gasteiger partial charge in [-0.1, -0.05) is 48.0 Å². The molecule has 0 spiro atoms. The molecule has 1 heterocycles. The molecule has 1 aliphatic heterocycles. The van der Waals surface area contributed by atoms with Crippen LogP contribution in [0.15, 0.2) is 0 Å². The number of nitrogens with zero attached hydrogens (tertiary/aromatic N) is 1. The molecule has 0 aliphatic carbocycles. The average Bonchev–Trinajstić information content (AvgIpc) is 2.86. The van der Waals surface area contributed by atoms with Crippen molar-refractivity contribution in [2.24, 2.45) is 23.7 Å². The summed E-state index contributed by atoms with van der Waals surface area (Å²) in [4.78, 5) is 25.7. The fourth-order valence-electron chi connectivity index (χ4n) is 3.02. The third kappa shape index (κ3) is 4.22. The Morgan fingerprint density at radius 2 is 1.86 bits per heavy atom. The van der Waals surface area contributed by atoms with Gasteiger partial charge < -0.3 is 9.84 Å². The molecule has 0 radical (unpaired) electrons. The molecular weight excluding hydrogens is 282 g/mol. The average molecular weight is 313 g/mol. The van der Waals surface area contributed by atoms with Crippen molar-refractivity contribution in [2.75, 3.05) is 6.61 Å². The van der Waals surface area contributed by atoms with E-state index in [4.69, 9.17) is 4.74 Å². The fourth-order valence-corrected chi connectivity index (χ4v) is 3.02. The Labute approximate surface area is 134 Å². The number of aliphatic hydroxyl groups is 1. The molecule has 1 saturated heterocycles. The largest absolute Gasteiger partial charge is 0.447 e. The van der Waals surface area contributed by atoms with Gasteiger partial charge in [-0.2, -0.15) is 0 Å². The van der Waals surface area contributed by atoms with E-state index in [0.29, 0.717) is 6.42 Å². The van der Waals surface area contributed by atoms with Crippen molar-refractivity contribution in [2.45, 2.75) is 66.5 Å². The summed E-state index contributed by atoms with van der Waals surface area (Å²) in [7, 11) is 0. The third-order valence-electron chi connectivity index (χ3n) is 4.87. The molecule has 0 aromatic rings. The normalized spacial score (nSPS) is 24.1. The van der Waals surface area contributed by atoms with Crippen LogP contribution in [0.5, 0.6) is 0 Å². The first-order valence-electron chi connectivity index (χ1n) is 8.38. The second-order valence-electron chi connectivity index (χ2n) is 7.09. The van der Waals surface area contributed by atoms with Crippen molar-refractivity contribution < 1.29 is 19.4 Å². The minimum atomic E-state index is -0.536. The van der Waals surface area contributed by atoms with E-state index >= 15 is 0 Å². The van der Waals surface area contributed by atoms with Crippen LogP contribution in [0, 0.1) is 23.7 Å². The van der Waals surface area contributed by atoms with E-state index in [2.05, 4.69) is 0 Å². The highest BCUT2D eigenvalue weighted by atomic mass is 16.6. The predicted octanol–water partition coefficient (Wildman–Crippen LogP) is 3.06. The maximum absolute atomic E-state index is 12.6. The van der Waals surface area contributed by atoms with Gasteiger partial charge in [0.15, 0.2) is 0 Å². The number of rotatable bonds is 7. The molecule has 5 nitrogen and oxygen atoms in total. The molecule has 0 aromatic carbocycles. The number of aliphatic hydroxyl groups excluding tert-OH is 1. The van der Waals surface area contributed by atoms with Crippen LogP contribution in [-0.4, -0.2) is 40.8 Å². The molecule has 0 bridgehead atoms. The third-order valence-corrected chi connectivity index (χ3v) is 4.87. The van der Waals surface area contributed by atoms with E-state index in [1.54, 1.807) is 0 Å². The Morgan fingerprint density at radius 3 is 2.36 bits per heavy atom. The van der Waals surface area contributed by atoms with E-state index in [1.165, 1.54) is 4.90 Å². The summed E-state index contributed by atoms with van der Waals surface area (Å²) >= 11 is 0. The predicted molar refractivity (Wildman–Crippen MR) is 85.2 cm³/mol. The lowest BCUT2D eigenvalue weighted by atomic mass is 9.85. The molecule has 1 N–H and O–H groups in total. The summed E-state index contributed by atoms with van der Waals surface area (Å²) in [6.07, 6.45) is 0.512. The molecule has 5 heteroatoms. The summed E-state index contributed by atoms with van der Waals surface area (Å²) in [6.45, 7) is 12.1. The van der Waals surface area contributed by atoms with Gasteiger partial charge in [-0.05, 0) is 24.2 Å². The first kappa shape index (κ1) is 18.9. The number of cyclic esters (lactones) is 1. The summed E-state index contributed by atoms with van der Waals surface area (Å²) in [6, 6.07) is -0.183. The highest BCUT2D eigenvalue weighted by molar-refractivity contribution is 5.94. The minimum absolute atomic E-state index is 0.0185. The Bertz CT molecular complexity index is 396. The summed E-state index contributed by atoms with van der Waals surface area (Å²) in [5.41, 5.74) is 0. The Balaban J connectivity index is 2.70. The van der Waals surface area contributed by atoms with Crippen LogP contribution in [0.1, 0.15) is 54.4 Å². The molecule has 0 unspecified atom stereocenters. The topological polar surface area (TPSA) is 66.8 Å². The lowest BCUT2D eigenvalue weighted by Crippen LogP contribution is -2.45. The van der Waals surface area contributed by atoms with E-state index in [-0.39, 0.29) is 42.2 Å². The Hall–Kier alpha value is -1.10. The lowest BCUT2D eigenvalue weighted by Gasteiger charge is -2.29. The van der Waals surface area contributed by atoms with Crippen LogP contribution >= 0.6 is 0 Å². The first-order valence-corrected chi connectivity index (χ1v) is 8.38. The van der Waals surface area contributed by atoms with Gasteiger partial charge in [0, 0.05) is 5.92 Å². The Kier molecular flexibility index (Phi) is 6.85. The summed E-state index contributed by atoms with van der Waals surface area (Å²) < 4.78 is 5.04. The van der Waals surface area contributed by atoms with E-state index < -0.39 is 12.2 Å². The molecule has 128 valence electrons. The number of ether oxygens (including phenoxy) is 1. The van der Waals surface area contributed by atoms with E-state index in [1.807, 2.05) is 41.5 Å². The van der Waals surface area contributed by atoms with Crippen molar-refractivity contribution in [3.63, 3.8) is 0 Å². The number of hydrogen-bond donors (Lipinski definition) is 1. The zero-order chi connectivity index (χ0) is 17.0. The molecule has 22 heavy (non-hydrogen) atoms. The summed E-state index contributed by atoms with van der Waals surface area (Å²) in [5.74, 6) is -0.0989. The lowest BCUT2D eigenvalue weighted by molar-refractivity contribution is -0.134. The van der Waals surface area contributed by atoms with Crippen LogP contribution in [0.4, 0.5) is 4.79 Å². The number of carbonyl (C=O) groups is 2. The minimum Gasteiger partial charge on any atom is -0.447 e. The molecule has 0 aromatic heterocycles. The molecule has 0 saturated carbocycles. The van der Waals surface area contributed by atoms with Crippen LogP contribution in [0.25, 0.3) is 0 Å². The van der Waals surface area contributed by atoms with Crippen molar-refractivity contribution in [1.82, 2.24) is 4.90 Å². The van der Waals surface area contributed by atoms with E-state index in [0.717, 1.165) is 6.42 Å². The van der Waals surface area contributed by atoms with Gasteiger partial charge in [-0.3, -0.25) is 4.79 Å². The van der Waals surface area contributed by atoms with Crippen molar-refractivity contribution in [3.8, 4) is 0 Å². The highest BCUT2D eigenvalue weighted by Gasteiger charge is 2.41. The highest BCUT2D eigenvalue weighted by Crippen LogP contribution is 2.27. The second kappa shape index (κ2) is 7.95. The second-order valence-corrected chi connectivity index (χ2v) is 7.09. The van der Waals surface area contributed by atoms with Gasteiger partial charge in [0.25, 0.3) is 0 Å². The van der Waals surface area contributed by atoms with Gasteiger partial charge in [-0.25, -0.2) is 9.69 Å². The van der Waals surface area contributed by atoms with Crippen LogP contribution < -0.4 is 0 Å². The fraction of sp³-hybridized carbons (Fsp3) is 0.882. The van der Waals surface area contributed by atoms with Gasteiger partial charge >= 0.3 is 6.09 Å². The Morgan fingerprint density at radius 1 is 1.27 bits per heavy atom. The molecule has 2 amide bonds. The van der Waals surface area contributed by atoms with Gasteiger partial charge in [0.1, 0.15) is 6.61 Å². The number of hydrogen-bond acceptors (Lipinski definition) is 4. The van der Waals surface area contributed by atoms with Gasteiger partial charge in [0.05, 0.1) is 12.1 Å². The molecule has 1 aliphatic rings. The SMILES string of the molecule is CC[C@@H](C)[C@@H](O)[C@@H](C)C[C@H](C)C(=O)N1C(=O)OC[C@@H]1C(C)C. The van der Waals surface area contributed by atoms with Gasteiger partial charge in [-0.15, -0.1) is 0 Å². The molecule has 1 rings (SSSR count). The number of amides is 2. The standard InChI is InChI=1S/C17H31NO4/c1-7-11(4)15(19)12(5)8-13(6)16(20)18-14(10(2)3)9-22-17(18)21/h10-15,19H,7-9H2,1-6H3/t11-,12+,13+,14-,15-/m1/s1.